The molecule has 0 aliphatic heterocycles. The Morgan fingerprint density at radius 2 is 1.80 bits per heavy atom. The molecule has 1 N–H and O–H groups in total. The first-order chi connectivity index (χ1) is 9.56. The summed E-state index contributed by atoms with van der Waals surface area (Å²) in [5, 5.41) is 10.6. The molecule has 0 spiro atoms. The number of nitrogens with zero attached hydrogens (tertiary/aromatic N) is 1. The van der Waals surface area contributed by atoms with Crippen LogP contribution in [-0.4, -0.2) is 11.3 Å². The molecule has 0 fully saturated rings. The van der Waals surface area contributed by atoms with E-state index in [2.05, 4.69) is 4.99 Å². The second-order valence-electron chi connectivity index (χ2n) is 4.26. The van der Waals surface area contributed by atoms with E-state index in [1.165, 1.54) is 0 Å². The van der Waals surface area contributed by atoms with Gasteiger partial charge < -0.3 is 5.11 Å². The Kier molecular flexibility index (Phi) is 6.26. The molecule has 0 radical (unpaired) electrons. The van der Waals surface area contributed by atoms with Gasteiger partial charge in [0, 0.05) is 16.8 Å². The summed E-state index contributed by atoms with van der Waals surface area (Å²) in [6.45, 7) is 7.86. The summed E-state index contributed by atoms with van der Waals surface area (Å²) in [5.41, 5.74) is 3.42. The lowest BCUT2D eigenvalue weighted by atomic mass is 10.1. The molecule has 0 heterocycles. The van der Waals surface area contributed by atoms with Crippen LogP contribution in [-0.2, 0) is 0 Å². The van der Waals surface area contributed by atoms with Gasteiger partial charge in [0.25, 0.3) is 0 Å². The van der Waals surface area contributed by atoms with Crippen LogP contribution in [0.1, 0.15) is 30.5 Å². The highest BCUT2D eigenvalue weighted by atomic mass is 35.5. The molecule has 0 aromatic heterocycles. The Hall–Kier alpha value is -1.80. The zero-order valence-electron chi connectivity index (χ0n) is 12.3. The third-order valence-corrected chi connectivity index (χ3v) is 2.87. The van der Waals surface area contributed by atoms with Gasteiger partial charge in [-0.25, -0.2) is 0 Å². The quantitative estimate of drug-likeness (QED) is 0.734. The van der Waals surface area contributed by atoms with Crippen LogP contribution in [0.3, 0.4) is 0 Å². The number of aromatic hydroxyl groups is 1. The first-order valence-corrected chi connectivity index (χ1v) is 7.04. The van der Waals surface area contributed by atoms with Gasteiger partial charge in [-0.2, -0.15) is 0 Å². The van der Waals surface area contributed by atoms with E-state index >= 15 is 0 Å². The van der Waals surface area contributed by atoms with Crippen LogP contribution in [0.2, 0.25) is 5.02 Å². The van der Waals surface area contributed by atoms with Crippen LogP contribution in [0, 0.1) is 13.8 Å². The second-order valence-corrected chi connectivity index (χ2v) is 4.69. The molecule has 2 nitrogen and oxygen atoms in total. The number of aryl methyl sites for hydroxylation is 2. The van der Waals surface area contributed by atoms with E-state index in [9.17, 15) is 5.11 Å². The van der Waals surface area contributed by atoms with Crippen LogP contribution in [0.15, 0.2) is 41.4 Å². The van der Waals surface area contributed by atoms with E-state index in [1.807, 2.05) is 52.0 Å². The number of phenolic OH excluding ortho intramolecular Hbond substituents is 1. The van der Waals surface area contributed by atoms with Crippen LogP contribution in [0.4, 0.5) is 5.69 Å². The van der Waals surface area contributed by atoms with Gasteiger partial charge in [-0.05, 0) is 49.2 Å². The number of phenols is 1. The maximum Gasteiger partial charge on any atom is 0.127 e. The van der Waals surface area contributed by atoms with E-state index in [1.54, 1.807) is 18.3 Å². The number of hydrogen-bond donors (Lipinski definition) is 1. The van der Waals surface area contributed by atoms with Crippen molar-refractivity contribution in [3.63, 3.8) is 0 Å². The van der Waals surface area contributed by atoms with Crippen LogP contribution >= 0.6 is 11.6 Å². The van der Waals surface area contributed by atoms with Gasteiger partial charge in [-0.15, -0.1) is 0 Å². The fraction of sp³-hybridized carbons (Fsp3) is 0.235. The Labute approximate surface area is 125 Å². The number of hydrogen-bond acceptors (Lipinski definition) is 2. The summed E-state index contributed by atoms with van der Waals surface area (Å²) in [4.78, 5) is 4.31. The van der Waals surface area contributed by atoms with Gasteiger partial charge in [0.15, 0.2) is 0 Å². The van der Waals surface area contributed by atoms with Crippen molar-refractivity contribution in [3.05, 3.63) is 58.1 Å². The highest BCUT2D eigenvalue weighted by Crippen LogP contribution is 2.23. The van der Waals surface area contributed by atoms with Crippen LogP contribution in [0.25, 0.3) is 0 Å². The van der Waals surface area contributed by atoms with E-state index in [-0.39, 0.29) is 5.75 Å². The van der Waals surface area contributed by atoms with E-state index in [4.69, 9.17) is 11.6 Å². The molecule has 0 aliphatic rings. The molecular weight excluding hydrogens is 270 g/mol. The number of aliphatic imine (C=N–C) groups is 1. The fourth-order valence-electron chi connectivity index (χ4n) is 1.79. The molecular formula is C17H20ClNO. The molecule has 0 atom stereocenters. The lowest BCUT2D eigenvalue weighted by molar-refractivity contribution is 0.470. The Morgan fingerprint density at radius 1 is 1.10 bits per heavy atom. The van der Waals surface area contributed by atoms with Crippen molar-refractivity contribution >= 4 is 23.5 Å². The average molecular weight is 290 g/mol. The maximum atomic E-state index is 9.94. The molecule has 0 unspecified atom stereocenters. The zero-order chi connectivity index (χ0) is 15.1. The normalized spacial score (nSPS) is 10.2. The molecule has 0 saturated carbocycles. The molecule has 106 valence electrons. The van der Waals surface area contributed by atoms with Crippen molar-refractivity contribution in [1.82, 2.24) is 0 Å². The molecule has 0 amide bonds. The van der Waals surface area contributed by atoms with Gasteiger partial charge in [-0.3, -0.25) is 4.99 Å². The number of rotatable bonds is 2. The van der Waals surface area contributed by atoms with Crippen molar-refractivity contribution in [1.29, 1.82) is 0 Å². The number of benzene rings is 2. The molecule has 20 heavy (non-hydrogen) atoms. The predicted molar refractivity (Wildman–Crippen MR) is 87.6 cm³/mol. The minimum Gasteiger partial charge on any atom is -0.507 e. The minimum absolute atomic E-state index is 0.270. The Morgan fingerprint density at radius 3 is 2.45 bits per heavy atom. The summed E-state index contributed by atoms with van der Waals surface area (Å²) < 4.78 is 0. The third-order valence-electron chi connectivity index (χ3n) is 2.64. The van der Waals surface area contributed by atoms with Crippen LogP contribution < -0.4 is 0 Å². The monoisotopic (exact) mass is 289 g/mol. The highest BCUT2D eigenvalue weighted by Gasteiger charge is 2.03. The SMILES string of the molecule is CC.Cc1cc(C)c(O)c(C=Nc2cccc(Cl)c2)c1. The lowest BCUT2D eigenvalue weighted by Gasteiger charge is -2.04. The first kappa shape index (κ1) is 16.3. The molecule has 2 rings (SSSR count). The minimum atomic E-state index is 0.270. The number of halogens is 1. The van der Waals surface area contributed by atoms with Crippen molar-refractivity contribution in [2.75, 3.05) is 0 Å². The van der Waals surface area contributed by atoms with E-state index in [0.29, 0.717) is 10.6 Å². The first-order valence-electron chi connectivity index (χ1n) is 6.66. The summed E-state index contributed by atoms with van der Waals surface area (Å²) >= 11 is 5.89. The standard InChI is InChI=1S/C15H14ClNO.C2H6/c1-10-6-11(2)15(18)12(7-10)9-17-14-5-3-4-13(16)8-14;1-2/h3-9,18H,1-2H3;1-2H3. The summed E-state index contributed by atoms with van der Waals surface area (Å²) in [5.74, 6) is 0.270. The fourth-order valence-corrected chi connectivity index (χ4v) is 1.98. The Bertz CT molecular complexity index is 606. The van der Waals surface area contributed by atoms with Crippen molar-refractivity contribution in [3.8, 4) is 5.75 Å². The van der Waals surface area contributed by atoms with E-state index in [0.717, 1.165) is 16.8 Å². The smallest absolute Gasteiger partial charge is 0.127 e. The molecule has 3 heteroatoms. The van der Waals surface area contributed by atoms with Crippen LogP contribution in [0.5, 0.6) is 5.75 Å². The van der Waals surface area contributed by atoms with Gasteiger partial charge in [-0.1, -0.05) is 37.6 Å². The van der Waals surface area contributed by atoms with E-state index < -0.39 is 0 Å². The average Bonchev–Trinajstić information content (AvgIpc) is 2.43. The van der Waals surface area contributed by atoms with Crippen molar-refractivity contribution in [2.45, 2.75) is 27.7 Å². The van der Waals surface area contributed by atoms with Gasteiger partial charge in [0.05, 0.1) is 5.69 Å². The zero-order valence-corrected chi connectivity index (χ0v) is 13.1. The van der Waals surface area contributed by atoms with Crippen molar-refractivity contribution in [2.24, 2.45) is 4.99 Å². The third kappa shape index (κ3) is 4.39. The topological polar surface area (TPSA) is 32.6 Å². The molecule has 0 aliphatic carbocycles. The Balaban J connectivity index is 0.000000956. The largest absolute Gasteiger partial charge is 0.507 e. The van der Waals surface area contributed by atoms with Crippen molar-refractivity contribution < 1.29 is 5.11 Å². The summed E-state index contributed by atoms with van der Waals surface area (Å²) in [7, 11) is 0. The highest BCUT2D eigenvalue weighted by molar-refractivity contribution is 6.30. The lowest BCUT2D eigenvalue weighted by Crippen LogP contribution is -1.87. The molecule has 0 saturated heterocycles. The predicted octanol–water partition coefficient (Wildman–Crippen LogP) is 5.44. The van der Waals surface area contributed by atoms with Gasteiger partial charge in [0.1, 0.15) is 5.75 Å². The van der Waals surface area contributed by atoms with Gasteiger partial charge in [0.2, 0.25) is 0 Å². The summed E-state index contributed by atoms with van der Waals surface area (Å²) in [6, 6.07) is 11.1. The molecule has 2 aromatic rings. The van der Waals surface area contributed by atoms with Gasteiger partial charge >= 0.3 is 0 Å². The summed E-state index contributed by atoms with van der Waals surface area (Å²) in [6.07, 6.45) is 1.65. The molecule has 0 bridgehead atoms. The second kappa shape index (κ2) is 7.71. The molecule has 2 aromatic carbocycles. The maximum absolute atomic E-state index is 9.94.